The monoisotopic (exact) mass is 301 g/mol. The van der Waals surface area contributed by atoms with Gasteiger partial charge in [-0.15, -0.1) is 11.6 Å². The molecule has 5 heteroatoms. The Labute approximate surface area is 123 Å². The van der Waals surface area contributed by atoms with Gasteiger partial charge in [0.15, 0.2) is 0 Å². The van der Waals surface area contributed by atoms with Gasteiger partial charge in [-0.25, -0.2) is 0 Å². The van der Waals surface area contributed by atoms with Gasteiger partial charge in [-0.2, -0.15) is 0 Å². The van der Waals surface area contributed by atoms with E-state index in [0.29, 0.717) is 34.7 Å². The maximum Gasteiger partial charge on any atom is 0.257 e. The minimum atomic E-state index is -0.0108. The van der Waals surface area contributed by atoms with Crippen LogP contribution in [0.3, 0.4) is 0 Å². The van der Waals surface area contributed by atoms with Crippen molar-refractivity contribution in [2.24, 2.45) is 5.92 Å². The van der Waals surface area contributed by atoms with E-state index in [-0.39, 0.29) is 5.91 Å². The molecule has 1 saturated heterocycles. The highest BCUT2D eigenvalue weighted by molar-refractivity contribution is 6.30. The topological polar surface area (TPSA) is 29.5 Å². The third-order valence-electron chi connectivity index (χ3n) is 3.42. The van der Waals surface area contributed by atoms with E-state index in [4.69, 9.17) is 27.9 Å². The molecule has 0 N–H and O–H groups in total. The summed E-state index contributed by atoms with van der Waals surface area (Å²) in [5.41, 5.74) is 0.558. The number of carbonyl (C=O) groups is 1. The number of carbonyl (C=O) groups excluding carboxylic acids is 1. The Morgan fingerprint density at radius 2 is 2.32 bits per heavy atom. The minimum Gasteiger partial charge on any atom is -0.496 e. The molecule has 0 radical (unpaired) electrons. The number of methoxy groups -OCH3 is 1. The fraction of sp³-hybridized carbons (Fsp3) is 0.500. The van der Waals surface area contributed by atoms with Crippen LogP contribution in [0.5, 0.6) is 5.75 Å². The summed E-state index contributed by atoms with van der Waals surface area (Å²) in [4.78, 5) is 14.4. The van der Waals surface area contributed by atoms with E-state index < -0.39 is 0 Å². The van der Waals surface area contributed by atoms with E-state index in [1.807, 2.05) is 4.90 Å². The molecule has 0 aliphatic carbocycles. The lowest BCUT2D eigenvalue weighted by atomic mass is 9.99. The molecule has 1 aliphatic rings. The first-order valence-electron chi connectivity index (χ1n) is 6.34. The van der Waals surface area contributed by atoms with Gasteiger partial charge < -0.3 is 9.64 Å². The molecule has 1 heterocycles. The number of halogens is 2. The summed E-state index contributed by atoms with van der Waals surface area (Å²) in [5.74, 6) is 1.49. The van der Waals surface area contributed by atoms with Crippen molar-refractivity contribution in [2.45, 2.75) is 12.8 Å². The van der Waals surface area contributed by atoms with Crippen LogP contribution in [0.15, 0.2) is 18.2 Å². The summed E-state index contributed by atoms with van der Waals surface area (Å²) in [7, 11) is 1.54. The maximum absolute atomic E-state index is 12.5. The Bertz CT molecular complexity index is 465. The Morgan fingerprint density at radius 3 is 3.00 bits per heavy atom. The number of hydrogen-bond acceptors (Lipinski definition) is 2. The van der Waals surface area contributed by atoms with E-state index in [9.17, 15) is 4.79 Å². The van der Waals surface area contributed by atoms with Gasteiger partial charge in [0, 0.05) is 24.0 Å². The molecule has 0 saturated carbocycles. The van der Waals surface area contributed by atoms with Crippen molar-refractivity contribution >= 4 is 29.1 Å². The number of ether oxygens (including phenoxy) is 1. The summed E-state index contributed by atoms with van der Waals surface area (Å²) in [6.45, 7) is 1.49. The maximum atomic E-state index is 12.5. The van der Waals surface area contributed by atoms with Gasteiger partial charge in [-0.3, -0.25) is 4.79 Å². The SMILES string of the molecule is COc1cc(Cl)ccc1C(=O)N1CCCC(CCl)C1. The third kappa shape index (κ3) is 3.34. The number of piperidine rings is 1. The van der Waals surface area contributed by atoms with Crippen LogP contribution >= 0.6 is 23.2 Å². The molecule has 1 amide bonds. The van der Waals surface area contributed by atoms with E-state index in [0.717, 1.165) is 19.4 Å². The molecule has 104 valence electrons. The fourth-order valence-electron chi connectivity index (χ4n) is 2.39. The summed E-state index contributed by atoms with van der Waals surface area (Å²) >= 11 is 11.8. The van der Waals surface area contributed by atoms with Crippen molar-refractivity contribution in [3.05, 3.63) is 28.8 Å². The number of likely N-dealkylation sites (tertiary alicyclic amines) is 1. The summed E-state index contributed by atoms with van der Waals surface area (Å²) < 4.78 is 5.23. The summed E-state index contributed by atoms with van der Waals surface area (Å²) in [6, 6.07) is 5.09. The lowest BCUT2D eigenvalue weighted by Crippen LogP contribution is -2.40. The Hall–Kier alpha value is -0.930. The van der Waals surface area contributed by atoms with Gasteiger partial charge in [-0.05, 0) is 37.0 Å². The van der Waals surface area contributed by atoms with Gasteiger partial charge in [0.1, 0.15) is 5.75 Å². The second-order valence-corrected chi connectivity index (χ2v) is 5.50. The van der Waals surface area contributed by atoms with Crippen LogP contribution in [0.2, 0.25) is 5.02 Å². The largest absolute Gasteiger partial charge is 0.496 e. The first kappa shape index (κ1) is 14.5. The van der Waals surface area contributed by atoms with Crippen molar-refractivity contribution in [1.29, 1.82) is 0 Å². The highest BCUT2D eigenvalue weighted by atomic mass is 35.5. The predicted molar refractivity (Wildman–Crippen MR) is 77.4 cm³/mol. The number of benzene rings is 1. The molecule has 1 atom stereocenters. The molecule has 1 aliphatic heterocycles. The molecule has 19 heavy (non-hydrogen) atoms. The molecule has 0 bridgehead atoms. The molecular weight excluding hydrogens is 285 g/mol. The molecular formula is C14H17Cl2NO2. The number of hydrogen-bond donors (Lipinski definition) is 0. The highest BCUT2D eigenvalue weighted by Crippen LogP contribution is 2.26. The van der Waals surface area contributed by atoms with Crippen LogP contribution in [0, 0.1) is 5.92 Å². The number of rotatable bonds is 3. The lowest BCUT2D eigenvalue weighted by molar-refractivity contribution is 0.0681. The second-order valence-electron chi connectivity index (χ2n) is 4.76. The van der Waals surface area contributed by atoms with Crippen LogP contribution in [0.25, 0.3) is 0 Å². The van der Waals surface area contributed by atoms with Crippen molar-refractivity contribution in [2.75, 3.05) is 26.1 Å². The average molecular weight is 302 g/mol. The Morgan fingerprint density at radius 1 is 1.53 bits per heavy atom. The van der Waals surface area contributed by atoms with Gasteiger partial charge >= 0.3 is 0 Å². The van der Waals surface area contributed by atoms with Crippen LogP contribution < -0.4 is 4.74 Å². The zero-order valence-electron chi connectivity index (χ0n) is 10.9. The van der Waals surface area contributed by atoms with E-state index in [1.54, 1.807) is 25.3 Å². The van der Waals surface area contributed by atoms with E-state index >= 15 is 0 Å². The third-order valence-corrected chi connectivity index (χ3v) is 4.09. The second kappa shape index (κ2) is 6.49. The van der Waals surface area contributed by atoms with Crippen LogP contribution in [0.1, 0.15) is 23.2 Å². The Kier molecular flexibility index (Phi) is 4.94. The normalized spacial score (nSPS) is 19.3. The van der Waals surface area contributed by atoms with Crippen molar-refractivity contribution in [1.82, 2.24) is 4.90 Å². The summed E-state index contributed by atoms with van der Waals surface area (Å²) in [6.07, 6.45) is 2.09. The van der Waals surface area contributed by atoms with Gasteiger partial charge in [0.2, 0.25) is 0 Å². The van der Waals surface area contributed by atoms with Crippen LogP contribution in [-0.4, -0.2) is 36.9 Å². The lowest BCUT2D eigenvalue weighted by Gasteiger charge is -2.32. The molecule has 1 fully saturated rings. The highest BCUT2D eigenvalue weighted by Gasteiger charge is 2.25. The zero-order chi connectivity index (χ0) is 13.8. The van der Waals surface area contributed by atoms with Crippen LogP contribution in [-0.2, 0) is 0 Å². The molecule has 1 aromatic rings. The quantitative estimate of drug-likeness (QED) is 0.801. The number of nitrogens with zero attached hydrogens (tertiary/aromatic N) is 1. The Balaban J connectivity index is 2.19. The molecule has 0 aromatic heterocycles. The average Bonchev–Trinajstić information content (AvgIpc) is 2.46. The van der Waals surface area contributed by atoms with Gasteiger partial charge in [0.05, 0.1) is 12.7 Å². The number of alkyl halides is 1. The number of amides is 1. The minimum absolute atomic E-state index is 0.0108. The smallest absolute Gasteiger partial charge is 0.257 e. The zero-order valence-corrected chi connectivity index (χ0v) is 12.4. The first-order chi connectivity index (χ1) is 9.15. The molecule has 1 aromatic carbocycles. The first-order valence-corrected chi connectivity index (χ1v) is 7.25. The standard InChI is InChI=1S/C14H17Cl2NO2/c1-19-13-7-11(16)4-5-12(13)14(18)17-6-2-3-10(8-15)9-17/h4-5,7,10H,2-3,6,8-9H2,1H3. The van der Waals surface area contributed by atoms with Crippen molar-refractivity contribution < 1.29 is 9.53 Å². The van der Waals surface area contributed by atoms with Gasteiger partial charge in [0.25, 0.3) is 5.91 Å². The fourth-order valence-corrected chi connectivity index (χ4v) is 2.80. The predicted octanol–water partition coefficient (Wildman–Crippen LogP) is 3.44. The molecule has 0 spiro atoms. The van der Waals surface area contributed by atoms with Gasteiger partial charge in [-0.1, -0.05) is 11.6 Å². The van der Waals surface area contributed by atoms with Crippen molar-refractivity contribution in [3.63, 3.8) is 0 Å². The van der Waals surface area contributed by atoms with Crippen molar-refractivity contribution in [3.8, 4) is 5.75 Å². The van der Waals surface area contributed by atoms with Crippen LogP contribution in [0.4, 0.5) is 0 Å². The van der Waals surface area contributed by atoms with E-state index in [2.05, 4.69) is 0 Å². The molecule has 2 rings (SSSR count). The summed E-state index contributed by atoms with van der Waals surface area (Å²) in [5, 5.41) is 0.561. The molecule has 3 nitrogen and oxygen atoms in total. The van der Waals surface area contributed by atoms with E-state index in [1.165, 1.54) is 0 Å². The molecule has 1 unspecified atom stereocenters.